The molecule has 3 heteroatoms. The zero-order valence-corrected chi connectivity index (χ0v) is 12.1. The van der Waals surface area contributed by atoms with E-state index in [0.717, 1.165) is 28.6 Å². The average Bonchev–Trinajstić information content (AvgIpc) is 2.94. The number of pyridine rings is 1. The second-order valence-electron chi connectivity index (χ2n) is 4.81. The third-order valence-electron chi connectivity index (χ3n) is 3.29. The van der Waals surface area contributed by atoms with E-state index in [4.69, 9.17) is 0 Å². The molecule has 0 fully saturated rings. The van der Waals surface area contributed by atoms with Crippen LogP contribution in [0, 0.1) is 0 Å². The van der Waals surface area contributed by atoms with Crippen molar-refractivity contribution in [1.82, 2.24) is 4.98 Å². The molecule has 0 bridgehead atoms. The number of fused-ring (bicyclic) bond motifs is 1. The predicted molar refractivity (Wildman–Crippen MR) is 83.5 cm³/mol. The maximum Gasteiger partial charge on any atom is 0.194 e. The van der Waals surface area contributed by atoms with Crippen molar-refractivity contribution in [2.24, 2.45) is 0 Å². The van der Waals surface area contributed by atoms with Crippen LogP contribution < -0.4 is 0 Å². The second kappa shape index (κ2) is 5.55. The first kappa shape index (κ1) is 13.0. The maximum absolute atomic E-state index is 12.5. The fourth-order valence-corrected chi connectivity index (χ4v) is 3.07. The van der Waals surface area contributed by atoms with Crippen LogP contribution >= 0.6 is 11.3 Å². The van der Waals surface area contributed by atoms with Gasteiger partial charge in [-0.1, -0.05) is 31.5 Å². The largest absolute Gasteiger partial charge is 0.289 e. The van der Waals surface area contributed by atoms with Gasteiger partial charge in [-0.25, -0.2) is 0 Å². The zero-order valence-electron chi connectivity index (χ0n) is 11.3. The van der Waals surface area contributed by atoms with E-state index in [9.17, 15) is 4.79 Å². The lowest BCUT2D eigenvalue weighted by Crippen LogP contribution is -2.02. The maximum atomic E-state index is 12.5. The number of thiophene rings is 1. The number of hydrogen-bond donors (Lipinski definition) is 0. The molecule has 0 spiro atoms. The van der Waals surface area contributed by atoms with Crippen molar-refractivity contribution in [3.8, 4) is 0 Å². The van der Waals surface area contributed by atoms with Crippen LogP contribution in [0.5, 0.6) is 0 Å². The Kier molecular flexibility index (Phi) is 3.61. The topological polar surface area (TPSA) is 30.0 Å². The SMILES string of the molecule is CCCc1cccc(C(=O)c2cnc3ccsc3c2)c1. The van der Waals surface area contributed by atoms with Crippen LogP contribution in [0.2, 0.25) is 0 Å². The van der Waals surface area contributed by atoms with Crippen LogP contribution in [0.3, 0.4) is 0 Å². The van der Waals surface area contributed by atoms with Crippen LogP contribution in [-0.2, 0) is 6.42 Å². The number of nitrogens with zero attached hydrogens (tertiary/aromatic N) is 1. The molecule has 3 aromatic rings. The van der Waals surface area contributed by atoms with E-state index in [1.807, 2.05) is 35.7 Å². The normalized spacial score (nSPS) is 10.8. The van der Waals surface area contributed by atoms with Gasteiger partial charge in [0.2, 0.25) is 0 Å². The van der Waals surface area contributed by atoms with Crippen molar-refractivity contribution < 1.29 is 4.79 Å². The Morgan fingerprint density at radius 2 is 2.10 bits per heavy atom. The molecule has 2 aromatic heterocycles. The van der Waals surface area contributed by atoms with Crippen molar-refractivity contribution in [3.05, 3.63) is 64.7 Å². The summed E-state index contributed by atoms with van der Waals surface area (Å²) in [6.45, 7) is 2.14. The summed E-state index contributed by atoms with van der Waals surface area (Å²) in [4.78, 5) is 16.9. The zero-order chi connectivity index (χ0) is 13.9. The third kappa shape index (κ3) is 2.49. The summed E-state index contributed by atoms with van der Waals surface area (Å²) in [5.41, 5.74) is 3.57. The smallest absolute Gasteiger partial charge is 0.194 e. The Bertz CT molecular complexity index is 760. The van der Waals surface area contributed by atoms with E-state index in [-0.39, 0.29) is 5.78 Å². The molecule has 0 saturated carbocycles. The minimum Gasteiger partial charge on any atom is -0.289 e. The lowest BCUT2D eigenvalue weighted by molar-refractivity contribution is 0.103. The molecule has 1 aromatic carbocycles. The van der Waals surface area contributed by atoms with E-state index < -0.39 is 0 Å². The van der Waals surface area contributed by atoms with Gasteiger partial charge in [0.05, 0.1) is 10.2 Å². The highest BCUT2D eigenvalue weighted by molar-refractivity contribution is 7.17. The highest BCUT2D eigenvalue weighted by atomic mass is 32.1. The quantitative estimate of drug-likeness (QED) is 0.660. The van der Waals surface area contributed by atoms with Crippen LogP contribution in [0.25, 0.3) is 10.2 Å². The fraction of sp³-hybridized carbons (Fsp3) is 0.176. The van der Waals surface area contributed by atoms with Gasteiger partial charge in [0.25, 0.3) is 0 Å². The average molecular weight is 281 g/mol. The number of aryl methyl sites for hydroxylation is 1. The number of carbonyl (C=O) groups is 1. The molecule has 0 N–H and O–H groups in total. The molecule has 20 heavy (non-hydrogen) atoms. The van der Waals surface area contributed by atoms with Gasteiger partial charge < -0.3 is 0 Å². The lowest BCUT2D eigenvalue weighted by Gasteiger charge is -2.04. The summed E-state index contributed by atoms with van der Waals surface area (Å²) in [6, 6.07) is 11.8. The summed E-state index contributed by atoms with van der Waals surface area (Å²) >= 11 is 1.61. The molecular formula is C17H15NOS. The minimum atomic E-state index is 0.0470. The van der Waals surface area contributed by atoms with Gasteiger partial charge in [-0.05, 0) is 35.6 Å². The van der Waals surface area contributed by atoms with E-state index in [2.05, 4.69) is 18.0 Å². The molecule has 3 rings (SSSR count). The molecule has 0 unspecified atom stereocenters. The van der Waals surface area contributed by atoms with E-state index in [1.165, 1.54) is 5.56 Å². The summed E-state index contributed by atoms with van der Waals surface area (Å²) in [7, 11) is 0. The fourth-order valence-electron chi connectivity index (χ4n) is 2.29. The number of carbonyl (C=O) groups excluding carboxylic acids is 1. The monoisotopic (exact) mass is 281 g/mol. The number of benzene rings is 1. The molecule has 2 heterocycles. The standard InChI is InChI=1S/C17H15NOS/c1-2-4-12-5-3-6-13(9-12)17(19)14-10-16-15(18-11-14)7-8-20-16/h3,5-11H,2,4H2,1H3. The van der Waals surface area contributed by atoms with Gasteiger partial charge in [0.1, 0.15) is 0 Å². The van der Waals surface area contributed by atoms with E-state index >= 15 is 0 Å². The second-order valence-corrected chi connectivity index (χ2v) is 5.76. The van der Waals surface area contributed by atoms with Crippen molar-refractivity contribution in [3.63, 3.8) is 0 Å². The Labute approximate surface area is 122 Å². The van der Waals surface area contributed by atoms with Gasteiger partial charge in [-0.2, -0.15) is 0 Å². The van der Waals surface area contributed by atoms with Crippen molar-refractivity contribution in [2.45, 2.75) is 19.8 Å². The molecule has 0 aliphatic heterocycles. The lowest BCUT2D eigenvalue weighted by atomic mass is 10.0. The molecular weight excluding hydrogens is 266 g/mol. The van der Waals surface area contributed by atoms with Crippen LogP contribution in [0.1, 0.15) is 34.8 Å². The first-order valence-electron chi connectivity index (χ1n) is 6.75. The molecule has 0 saturated heterocycles. The van der Waals surface area contributed by atoms with Gasteiger partial charge in [0, 0.05) is 17.3 Å². The summed E-state index contributed by atoms with van der Waals surface area (Å²) in [6.07, 6.45) is 3.76. The predicted octanol–water partition coefficient (Wildman–Crippen LogP) is 4.48. The molecule has 2 nitrogen and oxygen atoms in total. The van der Waals surface area contributed by atoms with Gasteiger partial charge in [-0.3, -0.25) is 9.78 Å². The molecule has 0 aliphatic carbocycles. The van der Waals surface area contributed by atoms with Crippen LogP contribution in [0.15, 0.2) is 48.0 Å². The number of hydrogen-bond acceptors (Lipinski definition) is 3. The highest BCUT2D eigenvalue weighted by Gasteiger charge is 2.11. The highest BCUT2D eigenvalue weighted by Crippen LogP contribution is 2.21. The summed E-state index contributed by atoms with van der Waals surface area (Å²) < 4.78 is 1.06. The number of aromatic nitrogens is 1. The number of ketones is 1. The first-order valence-corrected chi connectivity index (χ1v) is 7.63. The Morgan fingerprint density at radius 3 is 2.95 bits per heavy atom. The minimum absolute atomic E-state index is 0.0470. The van der Waals surface area contributed by atoms with Crippen molar-refractivity contribution in [2.75, 3.05) is 0 Å². The summed E-state index contributed by atoms with van der Waals surface area (Å²) in [5, 5.41) is 1.99. The van der Waals surface area contributed by atoms with Crippen LogP contribution in [0.4, 0.5) is 0 Å². The Balaban J connectivity index is 1.96. The summed E-state index contributed by atoms with van der Waals surface area (Å²) in [5.74, 6) is 0.0470. The van der Waals surface area contributed by atoms with Crippen molar-refractivity contribution in [1.29, 1.82) is 0 Å². The first-order chi connectivity index (χ1) is 9.78. The third-order valence-corrected chi connectivity index (χ3v) is 4.15. The van der Waals surface area contributed by atoms with Gasteiger partial charge in [0.15, 0.2) is 5.78 Å². The molecule has 0 aliphatic rings. The van der Waals surface area contributed by atoms with Gasteiger partial charge in [-0.15, -0.1) is 11.3 Å². The molecule has 0 radical (unpaired) electrons. The van der Waals surface area contributed by atoms with E-state index in [0.29, 0.717) is 5.56 Å². The molecule has 0 atom stereocenters. The van der Waals surface area contributed by atoms with Crippen molar-refractivity contribution >= 4 is 27.3 Å². The number of rotatable bonds is 4. The van der Waals surface area contributed by atoms with Gasteiger partial charge >= 0.3 is 0 Å². The molecule has 100 valence electrons. The van der Waals surface area contributed by atoms with E-state index in [1.54, 1.807) is 17.5 Å². The molecule has 0 amide bonds. The Hall–Kier alpha value is -2.00. The van der Waals surface area contributed by atoms with Crippen LogP contribution in [-0.4, -0.2) is 10.8 Å². The Morgan fingerprint density at radius 1 is 1.20 bits per heavy atom.